The lowest BCUT2D eigenvalue weighted by Crippen LogP contribution is -2.32. The molecule has 0 unspecified atom stereocenters. The summed E-state index contributed by atoms with van der Waals surface area (Å²) in [5.74, 6) is -0.435. The fourth-order valence-electron chi connectivity index (χ4n) is 3.22. The smallest absolute Gasteiger partial charge is 0.391 e. The second-order valence-corrected chi connectivity index (χ2v) is 6.20. The second kappa shape index (κ2) is 6.48. The Bertz CT molecular complexity index is 792. The van der Waals surface area contributed by atoms with E-state index in [2.05, 4.69) is 4.98 Å². The molecule has 1 amide bonds. The molecule has 0 spiro atoms. The number of aliphatic hydroxyl groups excluding tert-OH is 1. The van der Waals surface area contributed by atoms with Crippen LogP contribution in [0.1, 0.15) is 39.5 Å². The van der Waals surface area contributed by atoms with Gasteiger partial charge in [-0.25, -0.2) is 0 Å². The van der Waals surface area contributed by atoms with Crippen molar-refractivity contribution in [3.05, 3.63) is 65.0 Å². The molecule has 0 aliphatic carbocycles. The molecule has 2 atom stereocenters. The summed E-state index contributed by atoms with van der Waals surface area (Å²) in [6.07, 6.45) is -2.35. The number of likely N-dealkylation sites (tertiary alicyclic amines) is 1. The summed E-state index contributed by atoms with van der Waals surface area (Å²) in [7, 11) is 0. The number of amides is 1. The summed E-state index contributed by atoms with van der Waals surface area (Å²) in [6.45, 7) is 1.77. The van der Waals surface area contributed by atoms with E-state index in [1.807, 2.05) is 0 Å². The number of alkyl halides is 3. The van der Waals surface area contributed by atoms with Crippen molar-refractivity contribution >= 4 is 5.91 Å². The molecule has 1 saturated heterocycles. The molecule has 0 saturated carbocycles. The van der Waals surface area contributed by atoms with Crippen molar-refractivity contribution in [3.63, 3.8) is 0 Å². The number of halogens is 3. The van der Waals surface area contributed by atoms with Gasteiger partial charge in [-0.2, -0.15) is 13.2 Å². The minimum absolute atomic E-state index is 0.000474. The van der Waals surface area contributed by atoms with E-state index in [0.717, 1.165) is 11.6 Å². The highest BCUT2D eigenvalue weighted by Crippen LogP contribution is 2.40. The molecule has 3 rings (SSSR count). The van der Waals surface area contributed by atoms with Crippen LogP contribution in [-0.2, 0) is 6.18 Å². The summed E-state index contributed by atoms with van der Waals surface area (Å²) in [6, 6.07) is 5.98. The van der Waals surface area contributed by atoms with E-state index < -0.39 is 29.8 Å². The molecule has 2 heterocycles. The fourth-order valence-corrected chi connectivity index (χ4v) is 3.22. The predicted octanol–water partition coefficient (Wildman–Crippen LogP) is 3.36. The zero-order valence-corrected chi connectivity index (χ0v) is 13.5. The van der Waals surface area contributed by atoms with Gasteiger partial charge in [0.1, 0.15) is 0 Å². The Hall–Kier alpha value is -2.41. The summed E-state index contributed by atoms with van der Waals surface area (Å²) < 4.78 is 40.0. The minimum Gasteiger partial charge on any atom is -0.391 e. The van der Waals surface area contributed by atoms with Gasteiger partial charge >= 0.3 is 6.18 Å². The van der Waals surface area contributed by atoms with E-state index in [1.54, 1.807) is 19.2 Å². The topological polar surface area (TPSA) is 53.4 Å². The number of nitrogens with zero attached hydrogens (tertiary/aromatic N) is 2. The number of carbonyl (C=O) groups is 1. The van der Waals surface area contributed by atoms with Gasteiger partial charge < -0.3 is 10.0 Å². The van der Waals surface area contributed by atoms with Gasteiger partial charge in [-0.1, -0.05) is 18.2 Å². The van der Waals surface area contributed by atoms with Crippen molar-refractivity contribution < 1.29 is 23.1 Å². The molecule has 0 bridgehead atoms. The summed E-state index contributed by atoms with van der Waals surface area (Å²) >= 11 is 0. The van der Waals surface area contributed by atoms with Crippen LogP contribution in [0.4, 0.5) is 13.2 Å². The first-order valence-electron chi connectivity index (χ1n) is 7.84. The molecule has 1 N–H and O–H groups in total. The number of aliphatic hydroxyl groups is 1. The summed E-state index contributed by atoms with van der Waals surface area (Å²) in [4.78, 5) is 18.0. The monoisotopic (exact) mass is 350 g/mol. The van der Waals surface area contributed by atoms with E-state index >= 15 is 0 Å². The largest absolute Gasteiger partial charge is 0.416 e. The number of β-amino-alcohol motifs (C(OH)–C–C–N with tert-alkyl or cyclic N) is 1. The third kappa shape index (κ3) is 3.51. The van der Waals surface area contributed by atoms with Crippen LogP contribution in [0.15, 0.2) is 42.7 Å². The van der Waals surface area contributed by atoms with Crippen LogP contribution < -0.4 is 0 Å². The lowest BCUT2D eigenvalue weighted by molar-refractivity contribution is -0.138. The molecular formula is C18H17F3N2O2. The Morgan fingerprint density at radius 1 is 1.28 bits per heavy atom. The van der Waals surface area contributed by atoms with Gasteiger partial charge in [0.2, 0.25) is 0 Å². The maximum Gasteiger partial charge on any atom is 0.416 e. The van der Waals surface area contributed by atoms with Crippen LogP contribution in [0, 0.1) is 6.92 Å². The van der Waals surface area contributed by atoms with Crippen molar-refractivity contribution in [2.45, 2.75) is 31.7 Å². The fraction of sp³-hybridized carbons (Fsp3) is 0.333. The van der Waals surface area contributed by atoms with Crippen molar-refractivity contribution in [2.24, 2.45) is 0 Å². The highest BCUT2D eigenvalue weighted by molar-refractivity contribution is 5.94. The number of aryl methyl sites for hydroxylation is 1. The van der Waals surface area contributed by atoms with Crippen LogP contribution in [0.25, 0.3) is 0 Å². The van der Waals surface area contributed by atoms with Gasteiger partial charge in [0.25, 0.3) is 5.91 Å². The van der Waals surface area contributed by atoms with E-state index in [0.29, 0.717) is 5.56 Å². The number of aromatic nitrogens is 1. The first-order chi connectivity index (χ1) is 11.8. The molecule has 2 aromatic rings. The van der Waals surface area contributed by atoms with Crippen LogP contribution in [0.5, 0.6) is 0 Å². The molecule has 7 heteroatoms. The molecule has 1 aliphatic heterocycles. The van der Waals surface area contributed by atoms with Crippen molar-refractivity contribution in [1.82, 2.24) is 9.88 Å². The maximum atomic E-state index is 13.3. The van der Waals surface area contributed by atoms with Crippen LogP contribution in [0.3, 0.4) is 0 Å². The van der Waals surface area contributed by atoms with Crippen LogP contribution >= 0.6 is 0 Å². The standard InChI is InChI=1S/C18H17F3N2O2/c1-11-6-12(9-22-8-11)17(25)23-10-13(24)7-16(23)14-4-2-3-5-15(14)18(19,20)21/h2-6,8-9,13,16,24H,7,10H2,1H3/t13-,16+/m1/s1. The van der Waals surface area contributed by atoms with E-state index in [-0.39, 0.29) is 18.5 Å². The molecule has 1 aromatic carbocycles. The molecule has 4 nitrogen and oxygen atoms in total. The summed E-state index contributed by atoms with van der Waals surface area (Å²) in [5, 5.41) is 9.98. The number of carbonyl (C=O) groups excluding carboxylic acids is 1. The van der Waals surface area contributed by atoms with Gasteiger partial charge in [-0.3, -0.25) is 9.78 Å². The normalized spacial score (nSPS) is 20.8. The van der Waals surface area contributed by atoms with E-state index in [4.69, 9.17) is 0 Å². The lowest BCUT2D eigenvalue weighted by Gasteiger charge is -2.27. The first-order valence-corrected chi connectivity index (χ1v) is 7.84. The average Bonchev–Trinajstić information content (AvgIpc) is 2.95. The highest BCUT2D eigenvalue weighted by atomic mass is 19.4. The molecule has 25 heavy (non-hydrogen) atoms. The molecule has 0 radical (unpaired) electrons. The Morgan fingerprint density at radius 2 is 2.00 bits per heavy atom. The third-order valence-electron chi connectivity index (χ3n) is 4.29. The van der Waals surface area contributed by atoms with E-state index in [9.17, 15) is 23.1 Å². The predicted molar refractivity (Wildman–Crippen MR) is 84.8 cm³/mol. The Balaban J connectivity index is 2.00. The number of benzene rings is 1. The average molecular weight is 350 g/mol. The Kier molecular flexibility index (Phi) is 4.51. The van der Waals surface area contributed by atoms with Crippen LogP contribution in [0.2, 0.25) is 0 Å². The first kappa shape index (κ1) is 17.4. The van der Waals surface area contributed by atoms with Gasteiger partial charge in [0.05, 0.1) is 23.3 Å². The summed E-state index contributed by atoms with van der Waals surface area (Å²) in [5.41, 5.74) is 0.288. The van der Waals surface area contributed by atoms with Gasteiger partial charge in [0, 0.05) is 18.9 Å². The minimum atomic E-state index is -4.52. The van der Waals surface area contributed by atoms with Crippen molar-refractivity contribution in [3.8, 4) is 0 Å². The molecular weight excluding hydrogens is 333 g/mol. The lowest BCUT2D eigenvalue weighted by atomic mass is 9.97. The van der Waals surface area contributed by atoms with Gasteiger partial charge in [-0.05, 0) is 36.6 Å². The molecule has 1 fully saturated rings. The SMILES string of the molecule is Cc1cncc(C(=O)N2C[C@H](O)C[C@H]2c2ccccc2C(F)(F)F)c1. The zero-order chi connectivity index (χ0) is 18.2. The maximum absolute atomic E-state index is 13.3. The quantitative estimate of drug-likeness (QED) is 0.904. The van der Waals surface area contributed by atoms with Gasteiger partial charge in [-0.15, -0.1) is 0 Å². The molecule has 1 aromatic heterocycles. The number of hydrogen-bond donors (Lipinski definition) is 1. The zero-order valence-electron chi connectivity index (χ0n) is 13.5. The number of hydrogen-bond acceptors (Lipinski definition) is 3. The number of rotatable bonds is 2. The van der Waals surface area contributed by atoms with E-state index in [1.165, 1.54) is 29.3 Å². The Labute approximate surface area is 142 Å². The molecule has 132 valence electrons. The molecule has 1 aliphatic rings. The highest BCUT2D eigenvalue weighted by Gasteiger charge is 2.41. The third-order valence-corrected chi connectivity index (χ3v) is 4.29. The van der Waals surface area contributed by atoms with Gasteiger partial charge in [0.15, 0.2) is 0 Å². The van der Waals surface area contributed by atoms with Crippen LogP contribution in [-0.4, -0.2) is 33.5 Å². The second-order valence-electron chi connectivity index (χ2n) is 6.20. The number of pyridine rings is 1. The Morgan fingerprint density at radius 3 is 2.68 bits per heavy atom. The van der Waals surface area contributed by atoms with Crippen molar-refractivity contribution in [2.75, 3.05) is 6.54 Å². The van der Waals surface area contributed by atoms with Crippen molar-refractivity contribution in [1.29, 1.82) is 0 Å².